The maximum Gasteiger partial charge on any atom is 0.224 e. The Bertz CT molecular complexity index is 526. The SMILES string of the molecule is COc1cc(OC)c(C2SCCC(=O)N2CCCO)c(OC)c1. The van der Waals surface area contributed by atoms with Crippen molar-refractivity contribution in [2.45, 2.75) is 18.2 Å². The van der Waals surface area contributed by atoms with E-state index in [1.807, 2.05) is 0 Å². The molecule has 1 atom stereocenters. The molecule has 0 bridgehead atoms. The molecule has 0 spiro atoms. The number of nitrogens with zero attached hydrogens (tertiary/aromatic N) is 1. The van der Waals surface area contributed by atoms with Crippen LogP contribution in [0.15, 0.2) is 12.1 Å². The normalized spacial score (nSPS) is 18.0. The second kappa shape index (κ2) is 8.31. The van der Waals surface area contributed by atoms with Gasteiger partial charge in [0, 0.05) is 37.5 Å². The number of ether oxygens (including phenoxy) is 3. The summed E-state index contributed by atoms with van der Waals surface area (Å²) < 4.78 is 16.3. The molecule has 6 nitrogen and oxygen atoms in total. The summed E-state index contributed by atoms with van der Waals surface area (Å²) in [7, 11) is 4.76. The summed E-state index contributed by atoms with van der Waals surface area (Å²) in [4.78, 5) is 14.1. The smallest absolute Gasteiger partial charge is 0.224 e. The molecule has 1 amide bonds. The highest BCUT2D eigenvalue weighted by Crippen LogP contribution is 2.47. The predicted molar refractivity (Wildman–Crippen MR) is 89.3 cm³/mol. The van der Waals surface area contributed by atoms with Crippen LogP contribution in [0.3, 0.4) is 0 Å². The lowest BCUT2D eigenvalue weighted by Crippen LogP contribution is -2.38. The topological polar surface area (TPSA) is 68.2 Å². The third-order valence-corrected chi connectivity index (χ3v) is 5.00. The highest BCUT2D eigenvalue weighted by Gasteiger charge is 2.34. The number of carbonyl (C=O) groups is 1. The van der Waals surface area contributed by atoms with Crippen molar-refractivity contribution in [3.8, 4) is 17.2 Å². The summed E-state index contributed by atoms with van der Waals surface area (Å²) in [5, 5.41) is 8.90. The lowest BCUT2D eigenvalue weighted by molar-refractivity contribution is -0.132. The molecule has 1 aromatic carbocycles. The standard InChI is InChI=1S/C16H23NO5S/c1-20-11-9-12(21-2)15(13(10-11)22-3)16-17(6-4-7-18)14(19)5-8-23-16/h9-10,16,18H,4-8H2,1-3H3. The quantitative estimate of drug-likeness (QED) is 0.819. The summed E-state index contributed by atoms with van der Waals surface area (Å²) in [6.07, 6.45) is 1.05. The number of hydrogen-bond donors (Lipinski definition) is 1. The van der Waals surface area contributed by atoms with Crippen LogP contribution in [0.2, 0.25) is 0 Å². The molecule has 0 aliphatic carbocycles. The third kappa shape index (κ3) is 3.84. The van der Waals surface area contributed by atoms with E-state index in [9.17, 15) is 4.79 Å². The van der Waals surface area contributed by atoms with Gasteiger partial charge in [0.2, 0.25) is 5.91 Å². The average molecular weight is 341 g/mol. The van der Waals surface area contributed by atoms with Crippen molar-refractivity contribution in [1.29, 1.82) is 0 Å². The molecular formula is C16H23NO5S. The molecule has 1 saturated heterocycles. The van der Waals surface area contributed by atoms with Gasteiger partial charge in [0.05, 0.1) is 26.9 Å². The molecule has 23 heavy (non-hydrogen) atoms. The highest BCUT2D eigenvalue weighted by atomic mass is 32.2. The van der Waals surface area contributed by atoms with Crippen LogP contribution in [0.1, 0.15) is 23.8 Å². The third-order valence-electron chi connectivity index (χ3n) is 3.75. The summed E-state index contributed by atoms with van der Waals surface area (Å²) in [6.45, 7) is 0.559. The Labute approximate surface area is 140 Å². The van der Waals surface area contributed by atoms with E-state index in [1.54, 1.807) is 50.1 Å². The molecule has 128 valence electrons. The Kier molecular flexibility index (Phi) is 6.41. The van der Waals surface area contributed by atoms with Crippen molar-refractivity contribution in [2.75, 3.05) is 40.2 Å². The van der Waals surface area contributed by atoms with Crippen molar-refractivity contribution in [1.82, 2.24) is 4.90 Å². The van der Waals surface area contributed by atoms with Gasteiger partial charge in [0.1, 0.15) is 22.6 Å². The Morgan fingerprint density at radius 3 is 2.39 bits per heavy atom. The fraction of sp³-hybridized carbons (Fsp3) is 0.562. The molecule has 1 heterocycles. The van der Waals surface area contributed by atoms with Crippen LogP contribution in [-0.2, 0) is 4.79 Å². The molecule has 0 saturated carbocycles. The van der Waals surface area contributed by atoms with Gasteiger partial charge in [0.15, 0.2) is 0 Å². The van der Waals surface area contributed by atoms with Crippen molar-refractivity contribution >= 4 is 17.7 Å². The van der Waals surface area contributed by atoms with Gasteiger partial charge in [-0.3, -0.25) is 4.79 Å². The maximum atomic E-state index is 12.3. The van der Waals surface area contributed by atoms with Gasteiger partial charge >= 0.3 is 0 Å². The predicted octanol–water partition coefficient (Wildman–Crippen LogP) is 2.06. The van der Waals surface area contributed by atoms with Crippen molar-refractivity contribution in [2.24, 2.45) is 0 Å². The molecule has 1 aliphatic rings. The van der Waals surface area contributed by atoms with Gasteiger partial charge in [-0.2, -0.15) is 0 Å². The molecule has 1 fully saturated rings. The van der Waals surface area contributed by atoms with E-state index < -0.39 is 0 Å². The summed E-state index contributed by atoms with van der Waals surface area (Å²) in [6, 6.07) is 3.59. The molecule has 1 N–H and O–H groups in total. The van der Waals surface area contributed by atoms with Gasteiger partial charge in [-0.15, -0.1) is 11.8 Å². The van der Waals surface area contributed by atoms with Gasteiger partial charge in [-0.25, -0.2) is 0 Å². The van der Waals surface area contributed by atoms with Crippen LogP contribution in [0.25, 0.3) is 0 Å². The number of amides is 1. The van der Waals surface area contributed by atoms with E-state index in [4.69, 9.17) is 19.3 Å². The van der Waals surface area contributed by atoms with E-state index in [-0.39, 0.29) is 17.9 Å². The summed E-state index contributed by atoms with van der Waals surface area (Å²) in [5.74, 6) is 2.72. The van der Waals surface area contributed by atoms with E-state index in [0.717, 1.165) is 11.3 Å². The van der Waals surface area contributed by atoms with Crippen LogP contribution < -0.4 is 14.2 Å². The second-order valence-corrected chi connectivity index (χ2v) is 6.27. The van der Waals surface area contributed by atoms with E-state index in [1.165, 1.54) is 0 Å². The molecule has 0 radical (unpaired) electrons. The molecule has 1 unspecified atom stereocenters. The zero-order valence-electron chi connectivity index (χ0n) is 13.7. The summed E-state index contributed by atoms with van der Waals surface area (Å²) >= 11 is 1.67. The minimum Gasteiger partial charge on any atom is -0.496 e. The molecule has 2 rings (SSSR count). The Morgan fingerprint density at radius 2 is 1.87 bits per heavy atom. The molecule has 1 aromatic rings. The molecule has 1 aliphatic heterocycles. The maximum absolute atomic E-state index is 12.3. The number of aliphatic hydroxyl groups excluding tert-OH is 1. The van der Waals surface area contributed by atoms with Crippen molar-refractivity contribution < 1.29 is 24.1 Å². The fourth-order valence-electron chi connectivity index (χ4n) is 2.62. The van der Waals surface area contributed by atoms with E-state index in [0.29, 0.717) is 36.6 Å². The molecular weight excluding hydrogens is 318 g/mol. The van der Waals surface area contributed by atoms with Crippen LogP contribution in [0, 0.1) is 0 Å². The lowest BCUT2D eigenvalue weighted by Gasteiger charge is -2.36. The number of hydrogen-bond acceptors (Lipinski definition) is 6. The fourth-order valence-corrected chi connectivity index (χ4v) is 3.94. The van der Waals surface area contributed by atoms with Crippen LogP contribution >= 0.6 is 11.8 Å². The Balaban J connectivity index is 2.46. The molecule has 0 aromatic heterocycles. The Hall–Kier alpha value is -1.60. The lowest BCUT2D eigenvalue weighted by atomic mass is 10.1. The van der Waals surface area contributed by atoms with E-state index >= 15 is 0 Å². The second-order valence-electron chi connectivity index (χ2n) is 5.08. The van der Waals surface area contributed by atoms with Crippen LogP contribution in [0.4, 0.5) is 0 Å². The average Bonchev–Trinajstić information content (AvgIpc) is 2.59. The highest BCUT2D eigenvalue weighted by molar-refractivity contribution is 7.99. The first-order valence-electron chi connectivity index (χ1n) is 7.48. The molecule has 7 heteroatoms. The van der Waals surface area contributed by atoms with Gasteiger partial charge in [-0.1, -0.05) is 0 Å². The number of carbonyl (C=O) groups excluding carboxylic acids is 1. The van der Waals surface area contributed by atoms with E-state index in [2.05, 4.69) is 0 Å². The first-order chi connectivity index (χ1) is 11.2. The van der Waals surface area contributed by atoms with Gasteiger partial charge in [-0.05, 0) is 6.42 Å². The number of methoxy groups -OCH3 is 3. The zero-order chi connectivity index (χ0) is 16.8. The van der Waals surface area contributed by atoms with Crippen molar-refractivity contribution in [3.05, 3.63) is 17.7 Å². The number of benzene rings is 1. The minimum atomic E-state index is -0.196. The first kappa shape index (κ1) is 17.7. The Morgan fingerprint density at radius 1 is 1.22 bits per heavy atom. The summed E-state index contributed by atoms with van der Waals surface area (Å²) in [5.41, 5.74) is 0.826. The number of aliphatic hydroxyl groups is 1. The van der Waals surface area contributed by atoms with Gasteiger partial charge < -0.3 is 24.2 Å². The minimum absolute atomic E-state index is 0.0536. The number of thioether (sulfide) groups is 1. The largest absolute Gasteiger partial charge is 0.496 e. The van der Waals surface area contributed by atoms with Crippen molar-refractivity contribution in [3.63, 3.8) is 0 Å². The first-order valence-corrected chi connectivity index (χ1v) is 8.53. The van der Waals surface area contributed by atoms with Crippen LogP contribution in [0.5, 0.6) is 17.2 Å². The van der Waals surface area contributed by atoms with Crippen LogP contribution in [-0.4, -0.2) is 56.1 Å². The monoisotopic (exact) mass is 341 g/mol. The van der Waals surface area contributed by atoms with Gasteiger partial charge in [0.25, 0.3) is 0 Å². The number of rotatable bonds is 7. The zero-order valence-corrected chi connectivity index (χ0v) is 14.5.